The lowest BCUT2D eigenvalue weighted by atomic mass is 10.0. The van der Waals surface area contributed by atoms with Gasteiger partial charge in [-0.3, -0.25) is 9.78 Å². The average Bonchev–Trinajstić information content (AvgIpc) is 2.67. The van der Waals surface area contributed by atoms with Crippen molar-refractivity contribution in [3.8, 4) is 0 Å². The lowest BCUT2D eigenvalue weighted by molar-refractivity contribution is 0.0985. The van der Waals surface area contributed by atoms with E-state index in [0.717, 1.165) is 23.4 Å². The number of aryl methyl sites for hydroxylation is 1. The van der Waals surface area contributed by atoms with Gasteiger partial charge in [0.2, 0.25) is 0 Å². The highest BCUT2D eigenvalue weighted by atomic mass is 16.3. The van der Waals surface area contributed by atoms with Gasteiger partial charge in [0.05, 0.1) is 11.7 Å². The van der Waals surface area contributed by atoms with Crippen molar-refractivity contribution < 1.29 is 9.90 Å². The molecule has 0 spiro atoms. The molecule has 4 nitrogen and oxygen atoms in total. The van der Waals surface area contributed by atoms with Gasteiger partial charge in [0.25, 0.3) is 5.91 Å². The van der Waals surface area contributed by atoms with E-state index in [1.165, 1.54) is 0 Å². The molecule has 4 heteroatoms. The number of amides is 1. The van der Waals surface area contributed by atoms with Crippen LogP contribution < -0.4 is 4.90 Å². The molecule has 0 aliphatic carbocycles. The van der Waals surface area contributed by atoms with Gasteiger partial charge in [-0.25, -0.2) is 0 Å². The highest BCUT2D eigenvalue weighted by molar-refractivity contribution is 6.07. The van der Waals surface area contributed by atoms with Crippen LogP contribution in [0, 0.1) is 6.92 Å². The minimum atomic E-state index is -0.506. The van der Waals surface area contributed by atoms with E-state index in [9.17, 15) is 9.90 Å². The van der Waals surface area contributed by atoms with Crippen molar-refractivity contribution in [3.05, 3.63) is 59.4 Å². The molecule has 1 aliphatic heterocycles. The molecular weight excluding hydrogens is 264 g/mol. The van der Waals surface area contributed by atoms with E-state index in [-0.39, 0.29) is 5.91 Å². The molecule has 0 radical (unpaired) electrons. The van der Waals surface area contributed by atoms with Gasteiger partial charge in [-0.05, 0) is 38.0 Å². The molecule has 0 saturated heterocycles. The minimum absolute atomic E-state index is 0.0536. The number of hydrogen-bond donors (Lipinski definition) is 1. The summed E-state index contributed by atoms with van der Waals surface area (Å²) in [6, 6.07) is 11.2. The Kier molecular flexibility index (Phi) is 3.71. The highest BCUT2D eigenvalue weighted by Crippen LogP contribution is 2.33. The number of hydrogen-bond acceptors (Lipinski definition) is 3. The van der Waals surface area contributed by atoms with Crippen molar-refractivity contribution in [2.75, 3.05) is 11.4 Å². The molecule has 0 bridgehead atoms. The predicted octanol–water partition coefficient (Wildman–Crippen LogP) is 2.86. The first-order valence-electron chi connectivity index (χ1n) is 7.19. The topological polar surface area (TPSA) is 53.4 Å². The van der Waals surface area contributed by atoms with Crippen molar-refractivity contribution in [2.24, 2.45) is 0 Å². The van der Waals surface area contributed by atoms with Crippen molar-refractivity contribution in [1.29, 1.82) is 0 Å². The fourth-order valence-electron chi connectivity index (χ4n) is 2.80. The molecule has 1 aliphatic rings. The van der Waals surface area contributed by atoms with Crippen LogP contribution in [-0.4, -0.2) is 22.5 Å². The van der Waals surface area contributed by atoms with Crippen LogP contribution in [-0.2, 0) is 0 Å². The van der Waals surface area contributed by atoms with E-state index in [2.05, 4.69) is 4.98 Å². The molecule has 2 heterocycles. The summed E-state index contributed by atoms with van der Waals surface area (Å²) >= 11 is 0. The molecule has 0 saturated carbocycles. The number of para-hydroxylation sites is 1. The summed E-state index contributed by atoms with van der Waals surface area (Å²) in [6.45, 7) is 2.45. The fraction of sp³-hybridized carbons (Fsp3) is 0.294. The zero-order valence-corrected chi connectivity index (χ0v) is 12.0. The zero-order valence-electron chi connectivity index (χ0n) is 12.0. The standard InChI is InChI=1S/C17H18N2O2/c1-12-13(7-4-10-18-12)17(21)19-11-5-9-16(20)14-6-2-3-8-15(14)19/h2-4,6-8,10,16,20H,5,9,11H2,1H3. The Morgan fingerprint density at radius 2 is 2.10 bits per heavy atom. The third kappa shape index (κ3) is 2.54. The molecular formula is C17H18N2O2. The second-order valence-corrected chi connectivity index (χ2v) is 5.31. The third-order valence-electron chi connectivity index (χ3n) is 3.93. The number of carbonyl (C=O) groups excluding carboxylic acids is 1. The lowest BCUT2D eigenvalue weighted by Crippen LogP contribution is -2.32. The molecule has 1 unspecified atom stereocenters. The second-order valence-electron chi connectivity index (χ2n) is 5.31. The molecule has 1 N–H and O–H groups in total. The SMILES string of the molecule is Cc1ncccc1C(=O)N1CCCC(O)c2ccccc21. The molecule has 1 amide bonds. The van der Waals surface area contributed by atoms with Gasteiger partial charge < -0.3 is 10.0 Å². The molecule has 1 atom stereocenters. The Morgan fingerprint density at radius 3 is 2.90 bits per heavy atom. The van der Waals surface area contributed by atoms with Crippen LogP contribution in [0.3, 0.4) is 0 Å². The largest absolute Gasteiger partial charge is 0.388 e. The molecule has 2 aromatic rings. The summed E-state index contributed by atoms with van der Waals surface area (Å²) in [6.07, 6.45) is 2.63. The van der Waals surface area contributed by atoms with Crippen LogP contribution in [0.5, 0.6) is 0 Å². The van der Waals surface area contributed by atoms with Crippen LogP contribution in [0.25, 0.3) is 0 Å². The Labute approximate surface area is 124 Å². The lowest BCUT2D eigenvalue weighted by Gasteiger charge is -2.23. The first kappa shape index (κ1) is 13.8. The fourth-order valence-corrected chi connectivity index (χ4v) is 2.80. The predicted molar refractivity (Wildman–Crippen MR) is 81.3 cm³/mol. The summed E-state index contributed by atoms with van der Waals surface area (Å²) in [5.74, 6) is -0.0536. The van der Waals surface area contributed by atoms with Gasteiger partial charge in [0.1, 0.15) is 0 Å². The highest BCUT2D eigenvalue weighted by Gasteiger charge is 2.26. The summed E-state index contributed by atoms with van der Waals surface area (Å²) < 4.78 is 0. The normalized spacial score (nSPS) is 18.0. The van der Waals surface area contributed by atoms with E-state index in [1.54, 1.807) is 23.2 Å². The molecule has 21 heavy (non-hydrogen) atoms. The van der Waals surface area contributed by atoms with Crippen LogP contribution in [0.4, 0.5) is 5.69 Å². The number of anilines is 1. The molecule has 1 aromatic carbocycles. The van der Waals surface area contributed by atoms with Crippen LogP contribution >= 0.6 is 0 Å². The maximum Gasteiger partial charge on any atom is 0.260 e. The Balaban J connectivity index is 2.04. The third-order valence-corrected chi connectivity index (χ3v) is 3.93. The number of fused-ring (bicyclic) bond motifs is 1. The monoisotopic (exact) mass is 282 g/mol. The van der Waals surface area contributed by atoms with Crippen LogP contribution in [0.1, 0.15) is 40.6 Å². The second kappa shape index (κ2) is 5.66. The number of nitrogens with zero attached hydrogens (tertiary/aromatic N) is 2. The first-order chi connectivity index (χ1) is 10.2. The van der Waals surface area contributed by atoms with Gasteiger partial charge in [-0.2, -0.15) is 0 Å². The number of benzene rings is 1. The Hall–Kier alpha value is -2.20. The first-order valence-corrected chi connectivity index (χ1v) is 7.19. The van der Waals surface area contributed by atoms with Crippen molar-refractivity contribution >= 4 is 11.6 Å². The number of rotatable bonds is 1. The van der Waals surface area contributed by atoms with Gasteiger partial charge >= 0.3 is 0 Å². The molecule has 0 fully saturated rings. The van der Waals surface area contributed by atoms with E-state index in [1.807, 2.05) is 31.2 Å². The van der Waals surface area contributed by atoms with Crippen molar-refractivity contribution in [1.82, 2.24) is 4.98 Å². The van der Waals surface area contributed by atoms with E-state index >= 15 is 0 Å². The van der Waals surface area contributed by atoms with Gasteiger partial charge in [0, 0.05) is 29.7 Å². The maximum atomic E-state index is 12.8. The van der Waals surface area contributed by atoms with E-state index in [4.69, 9.17) is 0 Å². The number of aromatic nitrogens is 1. The summed E-state index contributed by atoms with van der Waals surface area (Å²) in [4.78, 5) is 18.8. The van der Waals surface area contributed by atoms with E-state index < -0.39 is 6.10 Å². The van der Waals surface area contributed by atoms with Crippen molar-refractivity contribution in [3.63, 3.8) is 0 Å². The maximum absolute atomic E-state index is 12.8. The average molecular weight is 282 g/mol. The molecule has 1 aromatic heterocycles. The summed E-state index contributed by atoms with van der Waals surface area (Å²) in [5, 5.41) is 10.2. The quantitative estimate of drug-likeness (QED) is 0.875. The zero-order chi connectivity index (χ0) is 14.8. The molecule has 108 valence electrons. The van der Waals surface area contributed by atoms with Gasteiger partial charge in [0.15, 0.2) is 0 Å². The van der Waals surface area contributed by atoms with E-state index in [0.29, 0.717) is 18.5 Å². The Bertz CT molecular complexity index is 669. The summed E-state index contributed by atoms with van der Waals surface area (Å²) in [7, 11) is 0. The van der Waals surface area contributed by atoms with Crippen molar-refractivity contribution in [2.45, 2.75) is 25.9 Å². The number of carbonyl (C=O) groups is 1. The summed E-state index contributed by atoms with van der Waals surface area (Å²) in [5.41, 5.74) is 2.97. The molecule has 3 rings (SSSR count). The number of aliphatic hydroxyl groups is 1. The van der Waals surface area contributed by atoms with Gasteiger partial charge in [-0.1, -0.05) is 18.2 Å². The number of aliphatic hydroxyl groups excluding tert-OH is 1. The smallest absolute Gasteiger partial charge is 0.260 e. The minimum Gasteiger partial charge on any atom is -0.388 e. The Morgan fingerprint density at radius 1 is 1.29 bits per heavy atom. The van der Waals surface area contributed by atoms with Gasteiger partial charge in [-0.15, -0.1) is 0 Å². The van der Waals surface area contributed by atoms with Crippen LogP contribution in [0.15, 0.2) is 42.6 Å². The van der Waals surface area contributed by atoms with Crippen LogP contribution in [0.2, 0.25) is 0 Å². The number of pyridine rings is 1.